The lowest BCUT2D eigenvalue weighted by Gasteiger charge is -2.19. The van der Waals surface area contributed by atoms with Crippen LogP contribution in [-0.4, -0.2) is 5.71 Å². The fourth-order valence-electron chi connectivity index (χ4n) is 2.01. The molecule has 0 amide bonds. The number of benzene rings is 1. The van der Waals surface area contributed by atoms with Gasteiger partial charge in [-0.3, -0.25) is 4.99 Å². The highest BCUT2D eigenvalue weighted by molar-refractivity contribution is 5.95. The lowest BCUT2D eigenvalue weighted by molar-refractivity contribution is 0.590. The van der Waals surface area contributed by atoms with E-state index in [1.807, 2.05) is 0 Å². The molecule has 0 fully saturated rings. The van der Waals surface area contributed by atoms with E-state index in [0.29, 0.717) is 5.92 Å². The van der Waals surface area contributed by atoms with Crippen LogP contribution in [0.25, 0.3) is 0 Å². The first-order valence-corrected chi connectivity index (χ1v) is 6.09. The summed E-state index contributed by atoms with van der Waals surface area (Å²) in [6.45, 7) is 11.2. The van der Waals surface area contributed by atoms with Crippen LogP contribution in [0.2, 0.25) is 0 Å². The molecule has 0 atom stereocenters. The van der Waals surface area contributed by atoms with Gasteiger partial charge in [0.25, 0.3) is 0 Å². The van der Waals surface area contributed by atoms with E-state index in [1.54, 1.807) is 0 Å². The molecule has 86 valence electrons. The lowest BCUT2D eigenvalue weighted by Crippen LogP contribution is -2.10. The van der Waals surface area contributed by atoms with Crippen molar-refractivity contribution in [2.75, 3.05) is 0 Å². The van der Waals surface area contributed by atoms with Crippen LogP contribution in [0.3, 0.4) is 0 Å². The summed E-state index contributed by atoms with van der Waals surface area (Å²) in [6.07, 6.45) is 1.04. The standard InChI is InChI=1S/C15H21N/c1-10(2)13-8-11-6-7-12(15(3,4)5)9-14(11)16-13/h6-7,9-10H,8H2,1-5H3. The fraction of sp³-hybridized carbons (Fsp3) is 0.533. The van der Waals surface area contributed by atoms with Crippen LogP contribution in [0, 0.1) is 5.92 Å². The van der Waals surface area contributed by atoms with Crippen LogP contribution in [0.4, 0.5) is 5.69 Å². The predicted octanol–water partition coefficient (Wildman–Crippen LogP) is 4.27. The Labute approximate surface area is 98.6 Å². The smallest absolute Gasteiger partial charge is 0.0668 e. The molecule has 0 N–H and O–H groups in total. The van der Waals surface area contributed by atoms with Gasteiger partial charge in [-0.25, -0.2) is 0 Å². The van der Waals surface area contributed by atoms with Crippen LogP contribution < -0.4 is 0 Å². The Hall–Kier alpha value is -1.11. The Kier molecular flexibility index (Phi) is 2.65. The van der Waals surface area contributed by atoms with Gasteiger partial charge < -0.3 is 0 Å². The highest BCUT2D eigenvalue weighted by Gasteiger charge is 2.20. The predicted molar refractivity (Wildman–Crippen MR) is 70.8 cm³/mol. The Balaban J connectivity index is 2.38. The van der Waals surface area contributed by atoms with Crippen LogP contribution in [-0.2, 0) is 11.8 Å². The van der Waals surface area contributed by atoms with Gasteiger partial charge in [0, 0.05) is 12.1 Å². The molecule has 0 saturated carbocycles. The first kappa shape index (κ1) is 11.4. The largest absolute Gasteiger partial charge is 0.257 e. The van der Waals surface area contributed by atoms with E-state index in [9.17, 15) is 0 Å². The number of hydrogen-bond donors (Lipinski definition) is 0. The van der Waals surface area contributed by atoms with Gasteiger partial charge in [-0.05, 0) is 28.5 Å². The normalized spacial score (nSPS) is 15.2. The maximum absolute atomic E-state index is 4.74. The van der Waals surface area contributed by atoms with Crippen LogP contribution in [0.15, 0.2) is 23.2 Å². The van der Waals surface area contributed by atoms with Crippen molar-refractivity contribution in [3.63, 3.8) is 0 Å². The van der Waals surface area contributed by atoms with Gasteiger partial charge in [-0.2, -0.15) is 0 Å². The molecule has 16 heavy (non-hydrogen) atoms. The third-order valence-corrected chi connectivity index (χ3v) is 3.25. The third kappa shape index (κ3) is 2.04. The van der Waals surface area contributed by atoms with Crippen molar-refractivity contribution in [3.05, 3.63) is 29.3 Å². The number of rotatable bonds is 1. The van der Waals surface area contributed by atoms with E-state index in [1.165, 1.54) is 22.5 Å². The van der Waals surface area contributed by atoms with Gasteiger partial charge in [-0.1, -0.05) is 46.8 Å². The van der Waals surface area contributed by atoms with E-state index >= 15 is 0 Å². The summed E-state index contributed by atoms with van der Waals surface area (Å²) in [5, 5.41) is 0. The molecule has 0 saturated heterocycles. The zero-order valence-electron chi connectivity index (χ0n) is 11.0. The molecule has 0 radical (unpaired) electrons. The van der Waals surface area contributed by atoms with Crippen molar-refractivity contribution >= 4 is 11.4 Å². The Morgan fingerprint density at radius 1 is 1.19 bits per heavy atom. The van der Waals surface area contributed by atoms with Crippen molar-refractivity contribution < 1.29 is 0 Å². The van der Waals surface area contributed by atoms with Crippen molar-refractivity contribution in [2.45, 2.75) is 46.5 Å². The highest BCUT2D eigenvalue weighted by atomic mass is 14.8. The average molecular weight is 215 g/mol. The summed E-state index contributed by atoms with van der Waals surface area (Å²) in [4.78, 5) is 4.74. The zero-order valence-corrected chi connectivity index (χ0v) is 11.0. The molecule has 0 aromatic heterocycles. The van der Waals surface area contributed by atoms with Gasteiger partial charge in [0.1, 0.15) is 0 Å². The SMILES string of the molecule is CC(C)C1=Nc2cc(C(C)(C)C)ccc2C1. The summed E-state index contributed by atoms with van der Waals surface area (Å²) < 4.78 is 0. The summed E-state index contributed by atoms with van der Waals surface area (Å²) in [5.41, 5.74) is 5.49. The second kappa shape index (κ2) is 3.73. The monoisotopic (exact) mass is 215 g/mol. The molecular formula is C15H21N. The molecule has 1 aliphatic rings. The number of hydrogen-bond acceptors (Lipinski definition) is 1. The summed E-state index contributed by atoms with van der Waals surface area (Å²) in [6, 6.07) is 6.75. The van der Waals surface area contributed by atoms with Crippen molar-refractivity contribution in [1.29, 1.82) is 0 Å². The van der Waals surface area contributed by atoms with Gasteiger partial charge >= 0.3 is 0 Å². The van der Waals surface area contributed by atoms with E-state index in [4.69, 9.17) is 4.99 Å². The summed E-state index contributed by atoms with van der Waals surface area (Å²) in [7, 11) is 0. The van der Waals surface area contributed by atoms with Gasteiger partial charge in [-0.15, -0.1) is 0 Å². The molecule has 1 nitrogen and oxygen atoms in total. The number of nitrogens with zero attached hydrogens (tertiary/aromatic N) is 1. The number of aliphatic imine (C=N–C) groups is 1. The molecule has 0 unspecified atom stereocenters. The van der Waals surface area contributed by atoms with E-state index in [2.05, 4.69) is 52.8 Å². The average Bonchev–Trinajstić information content (AvgIpc) is 2.58. The van der Waals surface area contributed by atoms with Gasteiger partial charge in [0.2, 0.25) is 0 Å². The Morgan fingerprint density at radius 2 is 1.88 bits per heavy atom. The van der Waals surface area contributed by atoms with E-state index in [0.717, 1.165) is 6.42 Å². The van der Waals surface area contributed by atoms with Gasteiger partial charge in [0.05, 0.1) is 5.69 Å². The topological polar surface area (TPSA) is 12.4 Å². The third-order valence-electron chi connectivity index (χ3n) is 3.25. The molecule has 2 rings (SSSR count). The first-order valence-electron chi connectivity index (χ1n) is 6.09. The van der Waals surface area contributed by atoms with E-state index in [-0.39, 0.29) is 5.41 Å². The maximum atomic E-state index is 4.74. The van der Waals surface area contributed by atoms with Crippen LogP contribution >= 0.6 is 0 Å². The summed E-state index contributed by atoms with van der Waals surface area (Å²) >= 11 is 0. The van der Waals surface area contributed by atoms with Crippen molar-refractivity contribution in [2.24, 2.45) is 10.9 Å². The minimum Gasteiger partial charge on any atom is -0.257 e. The fourth-order valence-corrected chi connectivity index (χ4v) is 2.01. The van der Waals surface area contributed by atoms with Crippen LogP contribution in [0.5, 0.6) is 0 Å². The Morgan fingerprint density at radius 3 is 2.44 bits per heavy atom. The molecule has 0 spiro atoms. The molecular weight excluding hydrogens is 194 g/mol. The second-order valence-electron chi connectivity index (χ2n) is 6.03. The highest BCUT2D eigenvalue weighted by Crippen LogP contribution is 2.33. The lowest BCUT2D eigenvalue weighted by atomic mass is 9.86. The quantitative estimate of drug-likeness (QED) is 0.663. The molecule has 1 aromatic rings. The zero-order chi connectivity index (χ0) is 11.9. The molecule has 1 heterocycles. The minimum atomic E-state index is 0.213. The van der Waals surface area contributed by atoms with Crippen molar-refractivity contribution in [1.82, 2.24) is 0 Å². The molecule has 0 aliphatic carbocycles. The molecule has 1 heteroatoms. The van der Waals surface area contributed by atoms with Crippen molar-refractivity contribution in [3.8, 4) is 0 Å². The molecule has 0 bridgehead atoms. The van der Waals surface area contributed by atoms with E-state index < -0.39 is 0 Å². The molecule has 1 aromatic carbocycles. The minimum absolute atomic E-state index is 0.213. The Bertz CT molecular complexity index is 433. The maximum Gasteiger partial charge on any atom is 0.0668 e. The van der Waals surface area contributed by atoms with Crippen LogP contribution in [0.1, 0.15) is 45.7 Å². The summed E-state index contributed by atoms with van der Waals surface area (Å²) in [5.74, 6) is 0.561. The molecule has 1 aliphatic heterocycles. The first-order chi connectivity index (χ1) is 7.38. The number of fused-ring (bicyclic) bond motifs is 1. The second-order valence-corrected chi connectivity index (χ2v) is 6.03. The van der Waals surface area contributed by atoms with Gasteiger partial charge in [0.15, 0.2) is 0 Å².